The quantitative estimate of drug-likeness (QED) is 0.0759. The fourth-order valence-electron chi connectivity index (χ4n) is 3.73. The summed E-state index contributed by atoms with van der Waals surface area (Å²) in [6.07, 6.45) is -0.219. The number of amides is 1. The van der Waals surface area contributed by atoms with Gasteiger partial charge in [-0.1, -0.05) is 31.5 Å². The van der Waals surface area contributed by atoms with Gasteiger partial charge in [-0.3, -0.25) is 25.0 Å². The Kier molecular flexibility index (Phi) is 10.1. The second-order valence-electron chi connectivity index (χ2n) is 8.17. The van der Waals surface area contributed by atoms with Crippen LogP contribution in [0.2, 0.25) is 0 Å². The molecule has 39 heavy (non-hydrogen) atoms. The van der Waals surface area contributed by atoms with E-state index < -0.39 is 27.5 Å². The molecule has 3 aliphatic heterocycles. The number of β-lactam (4-membered cyclic amide) rings is 1. The van der Waals surface area contributed by atoms with Crippen LogP contribution in [0.15, 0.2) is 42.5 Å². The van der Waals surface area contributed by atoms with E-state index in [4.69, 9.17) is 16.3 Å². The van der Waals surface area contributed by atoms with Crippen LogP contribution in [-0.4, -0.2) is 49.4 Å². The van der Waals surface area contributed by atoms with E-state index in [0.29, 0.717) is 17.5 Å². The second-order valence-corrected chi connectivity index (χ2v) is 9.98. The number of nitro groups is 2. The van der Waals surface area contributed by atoms with Gasteiger partial charge in [-0.15, -0.1) is 11.8 Å². The van der Waals surface area contributed by atoms with Crippen molar-refractivity contribution in [3.8, 4) is 5.75 Å². The molecule has 3 heterocycles. The molecule has 2 aromatic carbocycles. The molecule has 3 aliphatic rings. The molecule has 5 rings (SSSR count). The molecular weight excluding hydrogens is 558 g/mol. The van der Waals surface area contributed by atoms with Crippen molar-refractivity contribution in [1.82, 2.24) is 4.90 Å². The van der Waals surface area contributed by atoms with Gasteiger partial charge in [-0.05, 0) is 41.5 Å². The lowest BCUT2D eigenvalue weighted by Crippen LogP contribution is -2.63. The van der Waals surface area contributed by atoms with E-state index >= 15 is 0 Å². The average molecular weight is 582 g/mol. The number of ether oxygens (including phenoxy) is 3. The van der Waals surface area contributed by atoms with Crippen LogP contribution < -0.4 is 4.74 Å². The third-order valence-electron chi connectivity index (χ3n) is 5.70. The van der Waals surface area contributed by atoms with E-state index in [9.17, 15) is 34.6 Å². The van der Waals surface area contributed by atoms with Crippen LogP contribution in [0.3, 0.4) is 0 Å². The Bertz CT molecular complexity index is 1260. The van der Waals surface area contributed by atoms with Crippen LogP contribution in [0.1, 0.15) is 31.4 Å². The number of hydrogen-bond acceptors (Lipinski definition) is 11. The highest BCUT2D eigenvalue weighted by molar-refractivity contribution is 7.99. The first-order valence-electron chi connectivity index (χ1n) is 11.7. The molecule has 0 N–H and O–H groups in total. The zero-order valence-electron chi connectivity index (χ0n) is 20.8. The van der Waals surface area contributed by atoms with E-state index in [1.54, 1.807) is 17.8 Å². The first-order valence-corrected chi connectivity index (χ1v) is 13.2. The van der Waals surface area contributed by atoms with Crippen molar-refractivity contribution < 1.29 is 38.4 Å². The Morgan fingerprint density at radius 2 is 1.85 bits per heavy atom. The van der Waals surface area contributed by atoms with E-state index in [0.717, 1.165) is 5.75 Å². The second kappa shape index (κ2) is 13.2. The summed E-state index contributed by atoms with van der Waals surface area (Å²) in [6, 6.07) is 9.99. The fraction of sp³-hybridized carbons (Fsp3) is 0.375. The average Bonchev–Trinajstić information content (AvgIpc) is 2.90. The predicted octanol–water partition coefficient (Wildman–Crippen LogP) is 4.77. The van der Waals surface area contributed by atoms with E-state index in [-0.39, 0.29) is 47.5 Å². The Balaban J connectivity index is 0.000000252. The van der Waals surface area contributed by atoms with E-state index in [2.05, 4.69) is 9.47 Å². The summed E-state index contributed by atoms with van der Waals surface area (Å²) in [6.45, 7) is 3.83. The van der Waals surface area contributed by atoms with Crippen LogP contribution in [0.4, 0.5) is 16.2 Å². The van der Waals surface area contributed by atoms with Gasteiger partial charge in [0.15, 0.2) is 0 Å². The van der Waals surface area contributed by atoms with E-state index in [1.807, 2.05) is 13.8 Å². The molecule has 0 aliphatic carbocycles. The maximum absolute atomic E-state index is 12.2. The first kappa shape index (κ1) is 29.6. The summed E-state index contributed by atoms with van der Waals surface area (Å²) in [4.78, 5) is 56.6. The number of carbonyl (C=O) groups excluding carboxylic acids is 3. The molecule has 0 saturated carbocycles. The molecule has 1 amide bonds. The minimum Gasteiger partial charge on any atom is -0.458 e. The molecule has 0 radical (unpaired) electrons. The monoisotopic (exact) mass is 581 g/mol. The molecule has 2 aromatic rings. The SMILES string of the molecule is CCSC1C(CC)C(=O)N1C(Cl)C(=O)OCc1ccc([N+](=O)[O-])cc1.O=C1OCc2ccc(c([N+](=O)[O-])c2)O1. The number of benzene rings is 2. The maximum Gasteiger partial charge on any atom is 0.514 e. The van der Waals surface area contributed by atoms with Gasteiger partial charge in [0.2, 0.25) is 17.2 Å². The van der Waals surface area contributed by atoms with Crippen LogP contribution in [0.25, 0.3) is 0 Å². The van der Waals surface area contributed by atoms with Crippen molar-refractivity contribution in [2.45, 2.75) is 44.4 Å². The highest BCUT2D eigenvalue weighted by Crippen LogP contribution is 2.39. The number of non-ortho nitro benzene ring substituents is 1. The summed E-state index contributed by atoms with van der Waals surface area (Å²) >= 11 is 7.72. The maximum atomic E-state index is 12.2. The van der Waals surface area contributed by atoms with Crippen molar-refractivity contribution in [2.24, 2.45) is 5.92 Å². The van der Waals surface area contributed by atoms with Crippen molar-refractivity contribution in [3.63, 3.8) is 0 Å². The van der Waals surface area contributed by atoms with Gasteiger partial charge in [0.25, 0.3) is 5.69 Å². The summed E-state index contributed by atoms with van der Waals surface area (Å²) in [5, 5.41) is 21.1. The number of halogens is 1. The molecule has 15 heteroatoms. The normalized spacial score (nSPS) is 18.3. The molecule has 208 valence electrons. The molecule has 0 aromatic heterocycles. The van der Waals surface area contributed by atoms with Crippen LogP contribution >= 0.6 is 23.4 Å². The molecule has 3 atom stereocenters. The topological polar surface area (TPSA) is 168 Å². The van der Waals surface area contributed by atoms with Crippen molar-refractivity contribution in [3.05, 3.63) is 73.8 Å². The molecular formula is C24H24ClN3O10S. The molecule has 1 saturated heterocycles. The number of carbonyl (C=O) groups is 3. The number of nitro benzene ring substituents is 2. The highest BCUT2D eigenvalue weighted by atomic mass is 35.5. The number of nitrogens with zero attached hydrogens (tertiary/aromatic N) is 3. The summed E-state index contributed by atoms with van der Waals surface area (Å²) in [5.74, 6) is -0.241. The zero-order chi connectivity index (χ0) is 28.7. The van der Waals surface area contributed by atoms with Crippen molar-refractivity contribution in [1.29, 1.82) is 0 Å². The molecule has 1 fully saturated rings. The van der Waals surface area contributed by atoms with Gasteiger partial charge < -0.3 is 19.1 Å². The van der Waals surface area contributed by atoms with E-state index in [1.165, 1.54) is 41.3 Å². The van der Waals surface area contributed by atoms with Crippen LogP contribution in [0, 0.1) is 26.1 Å². The van der Waals surface area contributed by atoms with Crippen molar-refractivity contribution >= 4 is 52.8 Å². The van der Waals surface area contributed by atoms with Gasteiger partial charge in [0.1, 0.15) is 13.2 Å². The molecule has 2 bridgehead atoms. The van der Waals surface area contributed by atoms with Gasteiger partial charge in [-0.25, -0.2) is 9.59 Å². The van der Waals surface area contributed by atoms with Crippen LogP contribution in [0.5, 0.6) is 5.75 Å². The lowest BCUT2D eigenvalue weighted by atomic mass is 9.95. The number of alkyl halides is 1. The van der Waals surface area contributed by atoms with Gasteiger partial charge in [0.05, 0.1) is 21.1 Å². The standard InChI is InChI=1S/C16H19ClN2O5S.C8H5NO5/c1-3-12-14(20)18(15(12)25-4-2)13(17)16(21)24-9-10-5-7-11(8-6-10)19(22)23;10-8-13-4-5-1-2-7(14-8)6(3-5)9(11)12/h5-8,12-13,15H,3-4,9H2,1-2H3;1-3H,4H2. The zero-order valence-corrected chi connectivity index (χ0v) is 22.4. The number of thioether (sulfide) groups is 1. The third kappa shape index (κ3) is 7.15. The summed E-state index contributed by atoms with van der Waals surface area (Å²) in [5.41, 5.74) is -0.265. The molecule has 0 spiro atoms. The number of likely N-dealkylation sites (tertiary alicyclic amines) is 1. The van der Waals surface area contributed by atoms with Crippen LogP contribution in [-0.2, 0) is 32.3 Å². The van der Waals surface area contributed by atoms with Gasteiger partial charge >= 0.3 is 17.8 Å². The van der Waals surface area contributed by atoms with Gasteiger partial charge in [-0.2, -0.15) is 0 Å². The number of hydrogen-bond donors (Lipinski definition) is 0. The first-order chi connectivity index (χ1) is 18.6. The summed E-state index contributed by atoms with van der Waals surface area (Å²) in [7, 11) is 0. The number of fused-ring (bicyclic) bond motifs is 5. The number of esters is 1. The lowest BCUT2D eigenvalue weighted by Gasteiger charge is -2.47. The lowest BCUT2D eigenvalue weighted by molar-refractivity contribution is -0.385. The Morgan fingerprint density at radius 3 is 2.44 bits per heavy atom. The largest absolute Gasteiger partial charge is 0.514 e. The van der Waals surface area contributed by atoms with Crippen molar-refractivity contribution in [2.75, 3.05) is 5.75 Å². The minimum atomic E-state index is -1.17. The Morgan fingerprint density at radius 1 is 1.15 bits per heavy atom. The minimum absolute atomic E-state index is 0.0139. The predicted molar refractivity (Wildman–Crippen MR) is 139 cm³/mol. The fourth-order valence-corrected chi connectivity index (χ4v) is 5.34. The van der Waals surface area contributed by atoms with Gasteiger partial charge in [0, 0.05) is 18.2 Å². The highest BCUT2D eigenvalue weighted by Gasteiger charge is 2.51. The third-order valence-corrected chi connectivity index (χ3v) is 7.32. The Labute approximate surface area is 231 Å². The molecule has 3 unspecified atom stereocenters. The molecule has 13 nitrogen and oxygen atoms in total. The number of rotatable bonds is 9. The Hall–Kier alpha value is -3.91. The smallest absolute Gasteiger partial charge is 0.458 e. The summed E-state index contributed by atoms with van der Waals surface area (Å²) < 4.78 is 14.4.